The second-order valence-electron chi connectivity index (χ2n) is 3.96. The Labute approximate surface area is 113 Å². The van der Waals surface area contributed by atoms with Crippen LogP contribution >= 0.6 is 0 Å². The van der Waals surface area contributed by atoms with Crippen LogP contribution < -0.4 is 16.6 Å². The van der Waals surface area contributed by atoms with Crippen LogP contribution in [0.3, 0.4) is 0 Å². The van der Waals surface area contributed by atoms with E-state index in [1.807, 2.05) is 0 Å². The van der Waals surface area contributed by atoms with Gasteiger partial charge in [-0.05, 0) is 23.8 Å². The zero-order valence-corrected chi connectivity index (χ0v) is 10.3. The van der Waals surface area contributed by atoms with E-state index in [2.05, 4.69) is 20.7 Å². The molecule has 106 valence electrons. The number of anilines is 2. The van der Waals surface area contributed by atoms with Gasteiger partial charge in [0.2, 0.25) is 5.95 Å². The van der Waals surface area contributed by atoms with Crippen molar-refractivity contribution in [2.75, 3.05) is 10.7 Å². The summed E-state index contributed by atoms with van der Waals surface area (Å²) in [4.78, 5) is 7.82. The molecule has 0 amide bonds. The normalized spacial score (nSPS) is 11.2. The number of nitrogens with zero attached hydrogens (tertiary/aromatic N) is 2. The van der Waals surface area contributed by atoms with Gasteiger partial charge >= 0.3 is 6.18 Å². The van der Waals surface area contributed by atoms with Gasteiger partial charge in [-0.3, -0.25) is 5.43 Å². The lowest BCUT2D eigenvalue weighted by atomic mass is 10.1. The molecular weight excluding hydrogens is 271 g/mol. The minimum atomic E-state index is -4.35. The van der Waals surface area contributed by atoms with Gasteiger partial charge < -0.3 is 5.32 Å². The van der Waals surface area contributed by atoms with E-state index in [1.54, 1.807) is 12.1 Å². The maximum atomic E-state index is 12.6. The van der Waals surface area contributed by atoms with Gasteiger partial charge in [0.15, 0.2) is 0 Å². The minimum absolute atomic E-state index is 0.213. The first-order valence-corrected chi connectivity index (χ1v) is 5.69. The third-order valence-electron chi connectivity index (χ3n) is 2.51. The molecule has 0 aliphatic rings. The zero-order valence-electron chi connectivity index (χ0n) is 10.3. The highest BCUT2D eigenvalue weighted by atomic mass is 19.4. The summed E-state index contributed by atoms with van der Waals surface area (Å²) in [5.74, 6) is 5.85. The molecule has 0 saturated carbocycles. The van der Waals surface area contributed by atoms with Crippen molar-refractivity contribution in [3.63, 3.8) is 0 Å². The molecule has 2 rings (SSSR count). The van der Waals surface area contributed by atoms with Gasteiger partial charge in [0.25, 0.3) is 0 Å². The molecule has 1 aromatic carbocycles. The molecule has 0 unspecified atom stereocenters. The smallest absolute Gasteiger partial charge is 0.366 e. The van der Waals surface area contributed by atoms with Gasteiger partial charge in [0, 0.05) is 12.7 Å². The van der Waals surface area contributed by atoms with E-state index in [0.717, 1.165) is 12.1 Å². The molecule has 4 N–H and O–H groups in total. The minimum Gasteiger partial charge on any atom is -0.366 e. The summed E-state index contributed by atoms with van der Waals surface area (Å²) in [5.41, 5.74) is 2.11. The highest BCUT2D eigenvalue weighted by Crippen LogP contribution is 2.29. The molecule has 0 spiro atoms. The molecule has 0 bridgehead atoms. The Kier molecular flexibility index (Phi) is 4.04. The maximum Gasteiger partial charge on any atom is 0.416 e. The van der Waals surface area contributed by atoms with E-state index in [1.165, 1.54) is 12.3 Å². The highest BCUT2D eigenvalue weighted by molar-refractivity contribution is 5.40. The van der Waals surface area contributed by atoms with Crippen molar-refractivity contribution in [3.8, 4) is 0 Å². The summed E-state index contributed by atoms with van der Waals surface area (Å²) in [7, 11) is 0. The lowest BCUT2D eigenvalue weighted by Gasteiger charge is -2.10. The first-order chi connectivity index (χ1) is 9.49. The Morgan fingerprint density at radius 3 is 2.70 bits per heavy atom. The van der Waals surface area contributed by atoms with Gasteiger partial charge in [0.1, 0.15) is 5.82 Å². The SMILES string of the molecule is NNc1nccc(NCc2cccc(C(F)(F)F)c2)n1. The van der Waals surface area contributed by atoms with Crippen molar-refractivity contribution in [2.45, 2.75) is 12.7 Å². The van der Waals surface area contributed by atoms with Gasteiger partial charge in [0.05, 0.1) is 5.56 Å². The zero-order chi connectivity index (χ0) is 14.6. The molecule has 0 fully saturated rings. The Morgan fingerprint density at radius 2 is 2.00 bits per heavy atom. The molecule has 1 heterocycles. The number of aromatic nitrogens is 2. The predicted molar refractivity (Wildman–Crippen MR) is 68.6 cm³/mol. The van der Waals surface area contributed by atoms with E-state index < -0.39 is 11.7 Å². The van der Waals surface area contributed by atoms with Crippen LogP contribution in [0.15, 0.2) is 36.5 Å². The molecule has 5 nitrogen and oxygen atoms in total. The Bertz CT molecular complexity index is 585. The lowest BCUT2D eigenvalue weighted by molar-refractivity contribution is -0.137. The van der Waals surface area contributed by atoms with E-state index in [0.29, 0.717) is 11.4 Å². The molecule has 1 aromatic heterocycles. The molecule has 20 heavy (non-hydrogen) atoms. The fourth-order valence-electron chi connectivity index (χ4n) is 1.58. The van der Waals surface area contributed by atoms with Crippen LogP contribution in [-0.4, -0.2) is 9.97 Å². The monoisotopic (exact) mass is 283 g/mol. The quantitative estimate of drug-likeness (QED) is 0.593. The van der Waals surface area contributed by atoms with Gasteiger partial charge in [-0.1, -0.05) is 12.1 Å². The summed E-state index contributed by atoms with van der Waals surface area (Å²) >= 11 is 0. The molecule has 0 radical (unpaired) electrons. The number of halogens is 3. The van der Waals surface area contributed by atoms with Crippen LogP contribution in [-0.2, 0) is 12.7 Å². The number of hydrazine groups is 1. The molecule has 2 aromatic rings. The van der Waals surface area contributed by atoms with E-state index in [9.17, 15) is 13.2 Å². The van der Waals surface area contributed by atoms with Crippen molar-refractivity contribution in [2.24, 2.45) is 5.84 Å². The van der Waals surface area contributed by atoms with E-state index in [4.69, 9.17) is 5.84 Å². The van der Waals surface area contributed by atoms with Crippen molar-refractivity contribution in [1.82, 2.24) is 9.97 Å². The number of alkyl halides is 3. The second kappa shape index (κ2) is 5.74. The van der Waals surface area contributed by atoms with E-state index >= 15 is 0 Å². The number of rotatable bonds is 4. The fourth-order valence-corrected chi connectivity index (χ4v) is 1.58. The number of nitrogens with one attached hydrogen (secondary N) is 2. The van der Waals surface area contributed by atoms with Crippen molar-refractivity contribution in [1.29, 1.82) is 0 Å². The summed E-state index contributed by atoms with van der Waals surface area (Å²) in [6, 6.07) is 6.69. The number of hydrogen-bond acceptors (Lipinski definition) is 5. The molecule has 0 aliphatic heterocycles. The summed E-state index contributed by atoms with van der Waals surface area (Å²) in [5, 5.41) is 2.90. The van der Waals surface area contributed by atoms with Crippen LogP contribution in [0.4, 0.5) is 24.9 Å². The maximum absolute atomic E-state index is 12.6. The van der Waals surface area contributed by atoms with Gasteiger partial charge in [-0.15, -0.1) is 0 Å². The summed E-state index contributed by atoms with van der Waals surface area (Å²) in [6.45, 7) is 0.213. The van der Waals surface area contributed by atoms with Crippen LogP contribution in [0, 0.1) is 0 Å². The molecule has 0 saturated heterocycles. The number of benzene rings is 1. The molecule has 0 atom stereocenters. The highest BCUT2D eigenvalue weighted by Gasteiger charge is 2.30. The van der Waals surface area contributed by atoms with Gasteiger partial charge in [-0.25, -0.2) is 10.8 Å². The van der Waals surface area contributed by atoms with Crippen LogP contribution in [0.25, 0.3) is 0 Å². The molecule has 8 heteroatoms. The number of hydrogen-bond donors (Lipinski definition) is 3. The number of nitrogen functional groups attached to an aromatic ring is 1. The molecule has 0 aliphatic carbocycles. The van der Waals surface area contributed by atoms with Crippen molar-refractivity contribution in [3.05, 3.63) is 47.7 Å². The van der Waals surface area contributed by atoms with Gasteiger partial charge in [-0.2, -0.15) is 18.2 Å². The first kappa shape index (κ1) is 14.1. The first-order valence-electron chi connectivity index (χ1n) is 5.69. The molecular formula is C12H12F3N5. The average Bonchev–Trinajstić information content (AvgIpc) is 2.45. The predicted octanol–water partition coefficient (Wildman–Crippen LogP) is 2.39. The van der Waals surface area contributed by atoms with E-state index in [-0.39, 0.29) is 12.5 Å². The third kappa shape index (κ3) is 3.58. The van der Waals surface area contributed by atoms with Crippen molar-refractivity contribution < 1.29 is 13.2 Å². The Hall–Kier alpha value is -2.35. The Balaban J connectivity index is 2.07. The average molecular weight is 283 g/mol. The second-order valence-corrected chi connectivity index (χ2v) is 3.96. The lowest BCUT2D eigenvalue weighted by Crippen LogP contribution is -2.12. The largest absolute Gasteiger partial charge is 0.416 e. The third-order valence-corrected chi connectivity index (χ3v) is 2.51. The van der Waals surface area contributed by atoms with Crippen molar-refractivity contribution >= 4 is 11.8 Å². The topological polar surface area (TPSA) is 75.9 Å². The van der Waals surface area contributed by atoms with Crippen LogP contribution in [0.2, 0.25) is 0 Å². The van der Waals surface area contributed by atoms with Crippen LogP contribution in [0.5, 0.6) is 0 Å². The summed E-state index contributed by atoms with van der Waals surface area (Å²) < 4.78 is 37.7. The fraction of sp³-hybridized carbons (Fsp3) is 0.167. The van der Waals surface area contributed by atoms with Crippen LogP contribution in [0.1, 0.15) is 11.1 Å². The standard InChI is InChI=1S/C12H12F3N5/c13-12(14,15)9-3-1-2-8(6-9)7-18-10-4-5-17-11(19-10)20-16/h1-6H,7,16H2,(H2,17,18,19,20). The Morgan fingerprint density at radius 1 is 1.20 bits per heavy atom. The summed E-state index contributed by atoms with van der Waals surface area (Å²) in [6.07, 6.45) is -2.86. The number of nitrogens with two attached hydrogens (primary N) is 1.